The molecule has 34 heavy (non-hydrogen) atoms. The molecule has 1 aromatic rings. The monoisotopic (exact) mass is 467 g/mol. The number of nitrogens with zero attached hydrogens (tertiary/aromatic N) is 3. The summed E-state index contributed by atoms with van der Waals surface area (Å²) in [6.07, 6.45) is 2.23. The first-order valence-electron chi connectivity index (χ1n) is 12.0. The van der Waals surface area contributed by atoms with Crippen LogP contribution in [-0.4, -0.2) is 89.5 Å². The lowest BCUT2D eigenvalue weighted by atomic mass is 9.98. The van der Waals surface area contributed by atoms with Crippen molar-refractivity contribution in [2.75, 3.05) is 39.3 Å². The van der Waals surface area contributed by atoms with Crippen molar-refractivity contribution in [3.05, 3.63) is 34.9 Å². The van der Waals surface area contributed by atoms with Crippen LogP contribution in [0.2, 0.25) is 0 Å². The highest BCUT2D eigenvalue weighted by molar-refractivity contribution is 6.23. The third kappa shape index (κ3) is 4.23. The lowest BCUT2D eigenvalue weighted by Crippen LogP contribution is -2.54. The molecule has 0 spiro atoms. The van der Waals surface area contributed by atoms with E-state index in [1.807, 2.05) is 11.0 Å². The molecule has 5 rings (SSSR count). The van der Waals surface area contributed by atoms with Gasteiger partial charge in [0, 0.05) is 45.7 Å². The van der Waals surface area contributed by atoms with E-state index in [9.17, 15) is 24.0 Å². The number of hydrogen-bond acceptors (Lipinski definition) is 7. The van der Waals surface area contributed by atoms with Crippen LogP contribution in [0.5, 0.6) is 0 Å². The fraction of sp³-hybridized carbons (Fsp3) is 0.542. The van der Waals surface area contributed by atoms with Gasteiger partial charge in [-0.15, -0.1) is 0 Å². The molecule has 4 heterocycles. The van der Waals surface area contributed by atoms with E-state index in [2.05, 4.69) is 15.5 Å². The summed E-state index contributed by atoms with van der Waals surface area (Å²) in [6.45, 7) is 5.22. The van der Waals surface area contributed by atoms with Gasteiger partial charge in [0.2, 0.25) is 17.7 Å². The number of carbonyl (C=O) groups excluding carboxylic acids is 5. The van der Waals surface area contributed by atoms with Crippen molar-refractivity contribution in [1.29, 1.82) is 0 Å². The normalized spacial score (nSPS) is 26.0. The molecular formula is C24H29N5O5. The molecule has 3 fully saturated rings. The third-order valence-electron chi connectivity index (χ3n) is 7.24. The molecule has 4 aliphatic rings. The summed E-state index contributed by atoms with van der Waals surface area (Å²) in [7, 11) is 0. The van der Waals surface area contributed by atoms with Gasteiger partial charge in [-0.25, -0.2) is 0 Å². The van der Waals surface area contributed by atoms with Gasteiger partial charge in [-0.05, 0) is 43.5 Å². The Morgan fingerprint density at radius 1 is 0.971 bits per heavy atom. The van der Waals surface area contributed by atoms with Gasteiger partial charge in [0.25, 0.3) is 11.8 Å². The fourth-order valence-corrected chi connectivity index (χ4v) is 5.32. The van der Waals surface area contributed by atoms with Crippen molar-refractivity contribution in [3.8, 4) is 0 Å². The van der Waals surface area contributed by atoms with E-state index in [0.29, 0.717) is 25.2 Å². The summed E-state index contributed by atoms with van der Waals surface area (Å²) in [5.41, 5.74) is 1.49. The molecule has 0 aromatic heterocycles. The Morgan fingerprint density at radius 3 is 2.44 bits per heavy atom. The number of piperazine rings is 1. The largest absolute Gasteiger partial charge is 0.340 e. The van der Waals surface area contributed by atoms with Gasteiger partial charge in [0.05, 0.1) is 17.0 Å². The van der Waals surface area contributed by atoms with E-state index < -0.39 is 29.7 Å². The van der Waals surface area contributed by atoms with Crippen LogP contribution >= 0.6 is 0 Å². The van der Waals surface area contributed by atoms with E-state index >= 15 is 0 Å². The summed E-state index contributed by atoms with van der Waals surface area (Å²) in [4.78, 5) is 67.5. The Kier molecular flexibility index (Phi) is 6.18. The number of carbonyl (C=O) groups is 5. The van der Waals surface area contributed by atoms with Gasteiger partial charge in [-0.3, -0.25) is 39.1 Å². The Balaban J connectivity index is 1.21. The van der Waals surface area contributed by atoms with Crippen LogP contribution in [0.1, 0.15) is 52.0 Å². The minimum Gasteiger partial charge on any atom is -0.340 e. The van der Waals surface area contributed by atoms with Crippen molar-refractivity contribution < 1.29 is 24.0 Å². The van der Waals surface area contributed by atoms with Gasteiger partial charge >= 0.3 is 0 Å². The second-order valence-electron chi connectivity index (χ2n) is 9.47. The molecule has 0 radical (unpaired) electrons. The molecule has 5 amide bonds. The first kappa shape index (κ1) is 22.7. The number of amides is 5. The van der Waals surface area contributed by atoms with E-state index in [1.54, 1.807) is 12.1 Å². The van der Waals surface area contributed by atoms with Crippen molar-refractivity contribution in [2.45, 2.75) is 38.3 Å². The highest BCUT2D eigenvalue weighted by Crippen LogP contribution is 2.29. The lowest BCUT2D eigenvalue weighted by Gasteiger charge is -2.37. The lowest BCUT2D eigenvalue weighted by molar-refractivity contribution is -0.138. The van der Waals surface area contributed by atoms with Crippen LogP contribution in [0.3, 0.4) is 0 Å². The van der Waals surface area contributed by atoms with Crippen LogP contribution in [0.25, 0.3) is 0 Å². The molecule has 3 saturated heterocycles. The summed E-state index contributed by atoms with van der Waals surface area (Å²) < 4.78 is 0. The minimum atomic E-state index is -0.960. The van der Waals surface area contributed by atoms with Crippen LogP contribution in [-0.2, 0) is 20.9 Å². The molecule has 10 nitrogen and oxygen atoms in total. The number of nitrogens with one attached hydrogen (secondary N) is 2. The van der Waals surface area contributed by atoms with Crippen molar-refractivity contribution >= 4 is 29.5 Å². The average Bonchev–Trinajstić information content (AvgIpc) is 3.09. The molecule has 10 heteroatoms. The highest BCUT2D eigenvalue weighted by atomic mass is 16.2. The Labute approximate surface area is 197 Å². The molecule has 2 atom stereocenters. The fourth-order valence-electron chi connectivity index (χ4n) is 5.32. The number of imide groups is 2. The number of hydrogen-bond donors (Lipinski definition) is 2. The van der Waals surface area contributed by atoms with E-state index in [1.165, 1.54) is 0 Å². The SMILES string of the molecule is O=C1CCC(N2C(=O)c3ccc(CN4CCN(C(=O)C5CCCNC5)CC4)cc3C2=O)C(=O)N1. The second kappa shape index (κ2) is 9.27. The van der Waals surface area contributed by atoms with Crippen LogP contribution in [0.15, 0.2) is 18.2 Å². The molecule has 0 bridgehead atoms. The van der Waals surface area contributed by atoms with Crippen molar-refractivity contribution in [2.24, 2.45) is 5.92 Å². The number of rotatable bonds is 4. The summed E-state index contributed by atoms with van der Waals surface area (Å²) in [5.74, 6) is -1.67. The predicted octanol–water partition coefficient (Wildman–Crippen LogP) is -0.268. The van der Waals surface area contributed by atoms with E-state index in [-0.39, 0.29) is 30.2 Å². The summed E-state index contributed by atoms with van der Waals surface area (Å²) >= 11 is 0. The van der Waals surface area contributed by atoms with Crippen molar-refractivity contribution in [3.63, 3.8) is 0 Å². The van der Waals surface area contributed by atoms with Gasteiger partial charge in [0.15, 0.2) is 0 Å². The average molecular weight is 468 g/mol. The second-order valence-corrected chi connectivity index (χ2v) is 9.47. The topological polar surface area (TPSA) is 119 Å². The quantitative estimate of drug-likeness (QED) is 0.585. The first-order chi connectivity index (χ1) is 16.4. The molecule has 180 valence electrons. The van der Waals surface area contributed by atoms with Crippen molar-refractivity contribution in [1.82, 2.24) is 25.3 Å². The van der Waals surface area contributed by atoms with E-state index in [4.69, 9.17) is 0 Å². The zero-order chi connectivity index (χ0) is 23.8. The molecule has 1 aromatic carbocycles. The van der Waals surface area contributed by atoms with Crippen LogP contribution in [0, 0.1) is 5.92 Å². The van der Waals surface area contributed by atoms with E-state index in [0.717, 1.165) is 49.5 Å². The van der Waals surface area contributed by atoms with Gasteiger partial charge in [0.1, 0.15) is 6.04 Å². The maximum atomic E-state index is 13.0. The third-order valence-corrected chi connectivity index (χ3v) is 7.24. The zero-order valence-corrected chi connectivity index (χ0v) is 19.0. The zero-order valence-electron chi connectivity index (χ0n) is 19.0. The summed E-state index contributed by atoms with van der Waals surface area (Å²) in [6, 6.07) is 4.25. The first-order valence-corrected chi connectivity index (χ1v) is 12.0. The highest BCUT2D eigenvalue weighted by Gasteiger charge is 2.44. The Bertz CT molecular complexity index is 1040. The molecule has 4 aliphatic heterocycles. The number of fused-ring (bicyclic) bond motifs is 1. The molecule has 2 unspecified atom stereocenters. The summed E-state index contributed by atoms with van der Waals surface area (Å²) in [5, 5.41) is 5.51. The molecule has 0 aliphatic carbocycles. The van der Waals surface area contributed by atoms with Crippen LogP contribution in [0.4, 0.5) is 0 Å². The Hall–Kier alpha value is -3.11. The predicted molar refractivity (Wildman–Crippen MR) is 121 cm³/mol. The van der Waals surface area contributed by atoms with Gasteiger partial charge < -0.3 is 10.2 Å². The standard InChI is InChI=1S/C24H29N5O5/c30-20-6-5-19(21(31)26-20)29-23(33)17-4-3-15(12-18(17)24(29)34)14-27-8-10-28(11-9-27)22(32)16-2-1-7-25-13-16/h3-4,12,16,19,25H,1-2,5-11,13-14H2,(H,26,30,31). The molecular weight excluding hydrogens is 438 g/mol. The number of piperidine rings is 2. The smallest absolute Gasteiger partial charge is 0.262 e. The number of benzene rings is 1. The molecule has 0 saturated carbocycles. The minimum absolute atomic E-state index is 0.0767. The van der Waals surface area contributed by atoms with Gasteiger partial charge in [-0.2, -0.15) is 0 Å². The Morgan fingerprint density at radius 2 is 1.74 bits per heavy atom. The maximum absolute atomic E-state index is 13.0. The molecule has 2 N–H and O–H groups in total. The maximum Gasteiger partial charge on any atom is 0.262 e. The van der Waals surface area contributed by atoms with Crippen LogP contribution < -0.4 is 10.6 Å². The van der Waals surface area contributed by atoms with Gasteiger partial charge in [-0.1, -0.05) is 6.07 Å².